The molecule has 0 atom stereocenters. The molecule has 0 bridgehead atoms. The summed E-state index contributed by atoms with van der Waals surface area (Å²) in [5.74, 6) is 0.180. The van der Waals surface area contributed by atoms with E-state index in [1.807, 2.05) is 0 Å². The molecule has 0 fully saturated rings. The highest BCUT2D eigenvalue weighted by atomic mass is 32.2. The van der Waals surface area contributed by atoms with Crippen LogP contribution < -0.4 is 10.0 Å². The molecule has 0 radical (unpaired) electrons. The predicted octanol–water partition coefficient (Wildman–Crippen LogP) is 2.83. The molecule has 3 aromatic rings. The average molecular weight is 384 g/mol. The molecular weight excluding hydrogens is 368 g/mol. The second kappa shape index (κ2) is 7.83. The number of sulfonamides is 1. The second-order valence-electron chi connectivity index (χ2n) is 5.49. The van der Waals surface area contributed by atoms with Crippen LogP contribution in [0.1, 0.15) is 11.5 Å². The zero-order valence-electron chi connectivity index (χ0n) is 14.3. The maximum absolute atomic E-state index is 12.4. The maximum Gasteiger partial charge on any atom is 0.264 e. The molecule has 0 aliphatic rings. The van der Waals surface area contributed by atoms with Gasteiger partial charge in [0.05, 0.1) is 11.2 Å². The number of nitrogens with one attached hydrogen (secondary N) is 2. The Hall–Kier alpha value is -3.46. The van der Waals surface area contributed by atoms with Crippen LogP contribution in [0.3, 0.4) is 0 Å². The lowest BCUT2D eigenvalue weighted by molar-refractivity contribution is -0.111. The maximum atomic E-state index is 12.4. The number of nitrogens with zero attached hydrogens (tertiary/aromatic N) is 2. The minimum atomic E-state index is -3.83. The van der Waals surface area contributed by atoms with E-state index in [0.717, 1.165) is 0 Å². The summed E-state index contributed by atoms with van der Waals surface area (Å²) in [4.78, 5) is 19.8. The smallest absolute Gasteiger partial charge is 0.264 e. The fourth-order valence-corrected chi connectivity index (χ4v) is 3.07. The van der Waals surface area contributed by atoms with Gasteiger partial charge < -0.3 is 9.73 Å². The Kier molecular flexibility index (Phi) is 5.32. The fourth-order valence-electron chi connectivity index (χ4n) is 2.12. The topological polar surface area (TPSA) is 114 Å². The van der Waals surface area contributed by atoms with E-state index < -0.39 is 10.0 Å². The molecule has 2 heterocycles. The Morgan fingerprint density at radius 1 is 1.15 bits per heavy atom. The summed E-state index contributed by atoms with van der Waals surface area (Å²) in [6.07, 6.45) is 5.82. The third-order valence-corrected chi connectivity index (χ3v) is 4.74. The van der Waals surface area contributed by atoms with Gasteiger partial charge in [-0.15, -0.1) is 0 Å². The van der Waals surface area contributed by atoms with Gasteiger partial charge in [0.25, 0.3) is 10.0 Å². The number of benzene rings is 1. The molecule has 9 heteroatoms. The molecule has 0 aliphatic heterocycles. The van der Waals surface area contributed by atoms with Crippen LogP contribution in [0, 0.1) is 6.92 Å². The number of aryl methyl sites for hydroxylation is 1. The molecule has 3 rings (SSSR count). The molecule has 2 N–H and O–H groups in total. The van der Waals surface area contributed by atoms with Gasteiger partial charge in [-0.3, -0.25) is 4.79 Å². The summed E-state index contributed by atoms with van der Waals surface area (Å²) < 4.78 is 32.2. The van der Waals surface area contributed by atoms with Crippen LogP contribution in [0.4, 0.5) is 11.6 Å². The van der Waals surface area contributed by atoms with Crippen molar-refractivity contribution in [2.75, 3.05) is 10.0 Å². The standard InChI is InChI=1S/C18H16N4O4S/c1-13-10-11-19-18(20-13)22-27(24,25)16-7-4-14(5-8-16)21-17(23)9-6-15-3-2-12-26-15/h2-12H,1H3,(H,21,23)(H,19,20,22). The van der Waals surface area contributed by atoms with E-state index >= 15 is 0 Å². The predicted molar refractivity (Wildman–Crippen MR) is 100 cm³/mol. The zero-order chi connectivity index (χ0) is 19.3. The SMILES string of the molecule is Cc1ccnc(NS(=O)(=O)c2ccc(NC(=O)C=Cc3ccco3)cc2)n1. The highest BCUT2D eigenvalue weighted by molar-refractivity contribution is 7.92. The van der Waals surface area contributed by atoms with E-state index in [9.17, 15) is 13.2 Å². The third-order valence-electron chi connectivity index (χ3n) is 3.39. The van der Waals surface area contributed by atoms with Crippen LogP contribution in [-0.4, -0.2) is 24.3 Å². The molecule has 0 saturated heterocycles. The molecular formula is C18H16N4O4S. The van der Waals surface area contributed by atoms with E-state index in [1.165, 1.54) is 48.9 Å². The number of amides is 1. The Morgan fingerprint density at radius 3 is 2.59 bits per heavy atom. The molecule has 0 aliphatic carbocycles. The number of aromatic nitrogens is 2. The van der Waals surface area contributed by atoms with Crippen molar-refractivity contribution in [3.63, 3.8) is 0 Å². The van der Waals surface area contributed by atoms with E-state index in [-0.39, 0.29) is 16.8 Å². The van der Waals surface area contributed by atoms with Gasteiger partial charge in [-0.05, 0) is 55.5 Å². The number of furan rings is 1. The summed E-state index contributed by atoms with van der Waals surface area (Å²) in [6, 6.07) is 10.8. The Balaban J connectivity index is 1.66. The van der Waals surface area contributed by atoms with Crippen molar-refractivity contribution < 1.29 is 17.6 Å². The number of carbonyl (C=O) groups excluding carboxylic acids is 1. The van der Waals surface area contributed by atoms with Crippen molar-refractivity contribution in [1.29, 1.82) is 0 Å². The number of anilines is 2. The summed E-state index contributed by atoms with van der Waals surface area (Å²) in [5, 5.41) is 2.63. The molecule has 1 amide bonds. The first-order chi connectivity index (χ1) is 12.9. The van der Waals surface area contributed by atoms with E-state index in [2.05, 4.69) is 20.0 Å². The fraction of sp³-hybridized carbons (Fsp3) is 0.0556. The van der Waals surface area contributed by atoms with Crippen molar-refractivity contribution in [2.24, 2.45) is 0 Å². The number of rotatable bonds is 6. The molecule has 27 heavy (non-hydrogen) atoms. The third kappa shape index (κ3) is 5.02. The van der Waals surface area contributed by atoms with Crippen LogP contribution in [0.15, 0.2) is 70.3 Å². The van der Waals surface area contributed by atoms with Crippen LogP contribution in [-0.2, 0) is 14.8 Å². The van der Waals surface area contributed by atoms with E-state index in [4.69, 9.17) is 4.42 Å². The molecule has 0 saturated carbocycles. The highest BCUT2D eigenvalue weighted by Gasteiger charge is 2.15. The molecule has 2 aromatic heterocycles. The van der Waals surface area contributed by atoms with Crippen LogP contribution in [0.2, 0.25) is 0 Å². The molecule has 0 unspecified atom stereocenters. The largest absolute Gasteiger partial charge is 0.465 e. The monoisotopic (exact) mass is 384 g/mol. The van der Waals surface area contributed by atoms with E-state index in [0.29, 0.717) is 17.1 Å². The lowest BCUT2D eigenvalue weighted by atomic mass is 10.3. The second-order valence-corrected chi connectivity index (χ2v) is 7.17. The molecule has 1 aromatic carbocycles. The van der Waals surface area contributed by atoms with Crippen molar-refractivity contribution in [1.82, 2.24) is 9.97 Å². The zero-order valence-corrected chi connectivity index (χ0v) is 15.1. The molecule has 138 valence electrons. The number of hydrogen-bond donors (Lipinski definition) is 2. The van der Waals surface area contributed by atoms with Crippen LogP contribution >= 0.6 is 0 Å². The first-order valence-corrected chi connectivity index (χ1v) is 9.36. The summed E-state index contributed by atoms with van der Waals surface area (Å²) in [7, 11) is -3.83. The quantitative estimate of drug-likeness (QED) is 0.632. The molecule has 0 spiro atoms. The lowest BCUT2D eigenvalue weighted by Crippen LogP contribution is -2.15. The van der Waals surface area contributed by atoms with Gasteiger partial charge >= 0.3 is 0 Å². The Labute approximate surface area is 156 Å². The van der Waals surface area contributed by atoms with Crippen molar-refractivity contribution in [2.45, 2.75) is 11.8 Å². The van der Waals surface area contributed by atoms with Gasteiger partial charge in [0.15, 0.2) is 0 Å². The lowest BCUT2D eigenvalue weighted by Gasteiger charge is -2.08. The number of carbonyl (C=O) groups is 1. The van der Waals surface area contributed by atoms with Gasteiger partial charge in [0.2, 0.25) is 11.9 Å². The van der Waals surface area contributed by atoms with E-state index in [1.54, 1.807) is 25.1 Å². The van der Waals surface area contributed by atoms with Gasteiger partial charge in [-0.2, -0.15) is 0 Å². The normalized spacial score (nSPS) is 11.4. The van der Waals surface area contributed by atoms with Crippen molar-refractivity contribution in [3.8, 4) is 0 Å². The summed E-state index contributed by atoms with van der Waals surface area (Å²) >= 11 is 0. The number of hydrogen-bond acceptors (Lipinski definition) is 6. The van der Waals surface area contributed by atoms with Gasteiger partial charge in [0.1, 0.15) is 5.76 Å². The summed E-state index contributed by atoms with van der Waals surface area (Å²) in [6.45, 7) is 1.73. The van der Waals surface area contributed by atoms with Crippen molar-refractivity contribution in [3.05, 3.63) is 72.5 Å². The first kappa shape index (κ1) is 18.3. The minimum Gasteiger partial charge on any atom is -0.465 e. The van der Waals surface area contributed by atoms with Crippen LogP contribution in [0.25, 0.3) is 6.08 Å². The van der Waals surface area contributed by atoms with Gasteiger partial charge in [0, 0.05) is 23.7 Å². The highest BCUT2D eigenvalue weighted by Crippen LogP contribution is 2.16. The minimum absolute atomic E-state index is 0.00422. The van der Waals surface area contributed by atoms with Gasteiger partial charge in [-0.25, -0.2) is 23.1 Å². The van der Waals surface area contributed by atoms with Crippen LogP contribution in [0.5, 0.6) is 0 Å². The Morgan fingerprint density at radius 2 is 1.93 bits per heavy atom. The summed E-state index contributed by atoms with van der Waals surface area (Å²) in [5.41, 5.74) is 1.10. The molecule has 8 nitrogen and oxygen atoms in total. The van der Waals surface area contributed by atoms with Gasteiger partial charge in [-0.1, -0.05) is 0 Å². The van der Waals surface area contributed by atoms with Crippen molar-refractivity contribution >= 4 is 33.6 Å². The average Bonchev–Trinajstić information content (AvgIpc) is 3.14. The Bertz CT molecular complexity index is 1060. The first-order valence-electron chi connectivity index (χ1n) is 7.87.